The van der Waals surface area contributed by atoms with Gasteiger partial charge >= 0.3 is 0 Å². The largest absolute Gasteiger partial charge is 0.481 e. The molecule has 0 saturated carbocycles. The predicted octanol–water partition coefficient (Wildman–Crippen LogP) is 5.90. The summed E-state index contributed by atoms with van der Waals surface area (Å²) in [6.45, 7) is 4.08. The molecule has 2 heterocycles. The van der Waals surface area contributed by atoms with E-state index in [2.05, 4.69) is 0 Å². The maximum Gasteiger partial charge on any atom is 0.235 e. The SMILES string of the molecule is Cc1cc2oc(-c3ccco3)c(OCc3ccccc3Cl)c(=O)c2cc1C. The Morgan fingerprint density at radius 2 is 1.81 bits per heavy atom. The van der Waals surface area contributed by atoms with Gasteiger partial charge in [-0.3, -0.25) is 4.79 Å². The second kappa shape index (κ2) is 6.97. The number of aryl methyl sites for hydroxylation is 2. The Labute approximate surface area is 160 Å². The maximum atomic E-state index is 13.2. The van der Waals surface area contributed by atoms with E-state index in [1.54, 1.807) is 18.2 Å². The number of rotatable bonds is 4. The quantitative estimate of drug-likeness (QED) is 0.442. The predicted molar refractivity (Wildman–Crippen MR) is 105 cm³/mol. The molecule has 0 spiro atoms. The fraction of sp³-hybridized carbons (Fsp3) is 0.136. The molecule has 0 fully saturated rings. The molecule has 0 aliphatic rings. The number of hydrogen-bond acceptors (Lipinski definition) is 4. The van der Waals surface area contributed by atoms with E-state index in [1.807, 2.05) is 44.2 Å². The lowest BCUT2D eigenvalue weighted by Crippen LogP contribution is -2.10. The lowest BCUT2D eigenvalue weighted by molar-refractivity contribution is 0.296. The molecular formula is C22H17ClO4. The Balaban J connectivity index is 1.87. The molecule has 4 rings (SSSR count). The van der Waals surface area contributed by atoms with Crippen LogP contribution in [0.25, 0.3) is 22.5 Å². The van der Waals surface area contributed by atoms with Crippen LogP contribution in [0.2, 0.25) is 5.02 Å². The molecule has 0 unspecified atom stereocenters. The van der Waals surface area contributed by atoms with Crippen molar-refractivity contribution in [2.75, 3.05) is 0 Å². The van der Waals surface area contributed by atoms with E-state index in [9.17, 15) is 4.79 Å². The highest BCUT2D eigenvalue weighted by molar-refractivity contribution is 6.31. The van der Waals surface area contributed by atoms with E-state index in [1.165, 1.54) is 6.26 Å². The lowest BCUT2D eigenvalue weighted by atomic mass is 10.1. The molecule has 136 valence electrons. The first-order chi connectivity index (χ1) is 13.0. The van der Waals surface area contributed by atoms with Crippen molar-refractivity contribution in [3.63, 3.8) is 0 Å². The smallest absolute Gasteiger partial charge is 0.235 e. The zero-order chi connectivity index (χ0) is 19.0. The molecule has 2 aromatic heterocycles. The molecule has 0 amide bonds. The maximum absolute atomic E-state index is 13.2. The van der Waals surface area contributed by atoms with Crippen molar-refractivity contribution in [2.24, 2.45) is 0 Å². The normalized spacial score (nSPS) is 11.1. The van der Waals surface area contributed by atoms with Crippen molar-refractivity contribution in [3.05, 3.63) is 86.7 Å². The van der Waals surface area contributed by atoms with Gasteiger partial charge in [-0.25, -0.2) is 0 Å². The molecule has 0 atom stereocenters. The summed E-state index contributed by atoms with van der Waals surface area (Å²) >= 11 is 6.20. The summed E-state index contributed by atoms with van der Waals surface area (Å²) in [7, 11) is 0. The van der Waals surface area contributed by atoms with Crippen LogP contribution in [0.4, 0.5) is 0 Å². The van der Waals surface area contributed by atoms with Gasteiger partial charge in [-0.05, 0) is 55.3 Å². The minimum Gasteiger partial charge on any atom is -0.481 e. The average Bonchev–Trinajstić information content (AvgIpc) is 3.18. The zero-order valence-corrected chi connectivity index (χ0v) is 15.7. The fourth-order valence-corrected chi connectivity index (χ4v) is 3.09. The fourth-order valence-electron chi connectivity index (χ4n) is 2.90. The molecule has 27 heavy (non-hydrogen) atoms. The van der Waals surface area contributed by atoms with Gasteiger partial charge in [0.05, 0.1) is 11.6 Å². The van der Waals surface area contributed by atoms with Crippen molar-refractivity contribution < 1.29 is 13.6 Å². The van der Waals surface area contributed by atoms with Gasteiger partial charge in [-0.2, -0.15) is 0 Å². The van der Waals surface area contributed by atoms with E-state index in [4.69, 9.17) is 25.2 Å². The van der Waals surface area contributed by atoms with E-state index < -0.39 is 0 Å². The van der Waals surface area contributed by atoms with Crippen molar-refractivity contribution in [2.45, 2.75) is 20.5 Å². The van der Waals surface area contributed by atoms with Crippen LogP contribution in [-0.2, 0) is 6.61 Å². The summed E-state index contributed by atoms with van der Waals surface area (Å²) in [5.41, 5.74) is 3.10. The lowest BCUT2D eigenvalue weighted by Gasteiger charge is -2.12. The van der Waals surface area contributed by atoms with Crippen LogP contribution in [-0.4, -0.2) is 0 Å². The minimum absolute atomic E-state index is 0.112. The van der Waals surface area contributed by atoms with E-state index in [0.29, 0.717) is 21.8 Å². The monoisotopic (exact) mass is 380 g/mol. The van der Waals surface area contributed by atoms with Crippen LogP contribution in [0.15, 0.2) is 68.4 Å². The molecule has 0 N–H and O–H groups in total. The molecule has 0 aliphatic carbocycles. The highest BCUT2D eigenvalue weighted by Crippen LogP contribution is 2.32. The summed E-state index contributed by atoms with van der Waals surface area (Å²) in [6.07, 6.45) is 1.53. The Morgan fingerprint density at radius 3 is 2.56 bits per heavy atom. The van der Waals surface area contributed by atoms with E-state index in [-0.39, 0.29) is 23.5 Å². The van der Waals surface area contributed by atoms with Crippen LogP contribution in [0.3, 0.4) is 0 Å². The van der Waals surface area contributed by atoms with Crippen LogP contribution < -0.4 is 10.2 Å². The van der Waals surface area contributed by atoms with E-state index >= 15 is 0 Å². The van der Waals surface area contributed by atoms with Gasteiger partial charge in [-0.15, -0.1) is 0 Å². The molecule has 0 saturated heterocycles. The van der Waals surface area contributed by atoms with E-state index in [0.717, 1.165) is 16.7 Å². The first kappa shape index (κ1) is 17.4. The van der Waals surface area contributed by atoms with Crippen LogP contribution in [0, 0.1) is 13.8 Å². The highest BCUT2D eigenvalue weighted by atomic mass is 35.5. The van der Waals surface area contributed by atoms with Crippen LogP contribution >= 0.6 is 11.6 Å². The topological polar surface area (TPSA) is 52.6 Å². The van der Waals surface area contributed by atoms with Crippen molar-refractivity contribution in [1.29, 1.82) is 0 Å². The van der Waals surface area contributed by atoms with Crippen molar-refractivity contribution in [1.82, 2.24) is 0 Å². The first-order valence-electron chi connectivity index (χ1n) is 8.52. The van der Waals surface area contributed by atoms with Gasteiger partial charge in [-0.1, -0.05) is 29.8 Å². The van der Waals surface area contributed by atoms with Crippen molar-refractivity contribution >= 4 is 22.6 Å². The molecule has 4 nitrogen and oxygen atoms in total. The third kappa shape index (κ3) is 3.24. The summed E-state index contributed by atoms with van der Waals surface area (Å²) in [6, 6.07) is 14.5. The van der Waals surface area contributed by atoms with Gasteiger partial charge < -0.3 is 13.6 Å². The van der Waals surface area contributed by atoms with Gasteiger partial charge in [0.2, 0.25) is 16.9 Å². The van der Waals surface area contributed by atoms with Crippen molar-refractivity contribution in [3.8, 4) is 17.3 Å². The van der Waals surface area contributed by atoms with Crippen LogP contribution in [0.5, 0.6) is 5.75 Å². The summed E-state index contributed by atoms with van der Waals surface area (Å²) in [4.78, 5) is 13.2. The standard InChI is InChI=1S/C22H17ClO4/c1-13-10-16-19(11-14(13)2)27-21(18-8-5-9-25-18)22(20(16)24)26-12-15-6-3-4-7-17(15)23/h3-11H,12H2,1-2H3. The second-order valence-corrected chi connectivity index (χ2v) is 6.79. The van der Waals surface area contributed by atoms with Gasteiger partial charge in [0.15, 0.2) is 5.76 Å². The summed E-state index contributed by atoms with van der Waals surface area (Å²) in [5.74, 6) is 0.815. The molecule has 0 bridgehead atoms. The third-order valence-corrected chi connectivity index (χ3v) is 4.91. The molecule has 0 radical (unpaired) electrons. The Morgan fingerprint density at radius 1 is 1.04 bits per heavy atom. The first-order valence-corrected chi connectivity index (χ1v) is 8.90. The molecular weight excluding hydrogens is 364 g/mol. The molecule has 5 heteroatoms. The molecule has 4 aromatic rings. The Kier molecular flexibility index (Phi) is 4.50. The Bertz CT molecular complexity index is 1170. The number of furan rings is 1. The number of ether oxygens (including phenoxy) is 1. The number of benzene rings is 2. The number of hydrogen-bond donors (Lipinski definition) is 0. The second-order valence-electron chi connectivity index (χ2n) is 6.38. The van der Waals surface area contributed by atoms with Gasteiger partial charge in [0.25, 0.3) is 0 Å². The van der Waals surface area contributed by atoms with Gasteiger partial charge in [0.1, 0.15) is 12.2 Å². The molecule has 2 aromatic carbocycles. The zero-order valence-electron chi connectivity index (χ0n) is 14.9. The van der Waals surface area contributed by atoms with Crippen LogP contribution in [0.1, 0.15) is 16.7 Å². The average molecular weight is 381 g/mol. The minimum atomic E-state index is -0.238. The van der Waals surface area contributed by atoms with Gasteiger partial charge in [0, 0.05) is 10.6 Å². The summed E-state index contributed by atoms with van der Waals surface area (Å²) < 4.78 is 17.4. The molecule has 0 aliphatic heterocycles. The highest BCUT2D eigenvalue weighted by Gasteiger charge is 2.20. The third-order valence-electron chi connectivity index (χ3n) is 4.54. The number of halogens is 1. The Hall–Kier alpha value is -2.98. The number of fused-ring (bicyclic) bond motifs is 1. The summed E-state index contributed by atoms with van der Waals surface area (Å²) in [5, 5.41) is 1.05.